The number of H-pyrrole nitrogens is 1. The third-order valence-corrected chi connectivity index (χ3v) is 4.98. The first-order chi connectivity index (χ1) is 12.7. The lowest BCUT2D eigenvalue weighted by atomic mass is 9.96. The number of benzene rings is 2. The van der Waals surface area contributed by atoms with Gasteiger partial charge in [-0.25, -0.2) is 9.78 Å². The van der Waals surface area contributed by atoms with Gasteiger partial charge in [-0.3, -0.25) is 4.90 Å². The van der Waals surface area contributed by atoms with Crippen LogP contribution in [-0.4, -0.2) is 28.7 Å². The van der Waals surface area contributed by atoms with Crippen molar-refractivity contribution in [2.45, 2.75) is 39.2 Å². The Hall–Kier alpha value is -2.82. The predicted octanol–water partition coefficient (Wildman–Crippen LogP) is 4.45. The van der Waals surface area contributed by atoms with Crippen LogP contribution in [0.15, 0.2) is 42.5 Å². The Morgan fingerprint density at radius 1 is 1.27 bits per heavy atom. The molecule has 26 heavy (non-hydrogen) atoms. The van der Waals surface area contributed by atoms with E-state index in [0.717, 1.165) is 47.4 Å². The molecule has 0 unspecified atom stereocenters. The van der Waals surface area contributed by atoms with Gasteiger partial charge in [-0.2, -0.15) is 0 Å². The molecule has 5 heteroatoms. The number of hydrogen-bond donors (Lipinski definition) is 1. The molecule has 0 fully saturated rings. The maximum Gasteiger partial charge on any atom is 0.414 e. The summed E-state index contributed by atoms with van der Waals surface area (Å²) in [5.74, 6) is 0.945. The zero-order valence-corrected chi connectivity index (χ0v) is 15.2. The molecule has 2 heterocycles. The van der Waals surface area contributed by atoms with Crippen LogP contribution in [0, 0.1) is 0 Å². The summed E-state index contributed by atoms with van der Waals surface area (Å²) in [6.45, 7) is 4.28. The Morgan fingerprint density at radius 3 is 2.85 bits per heavy atom. The minimum atomic E-state index is -0.277. The van der Waals surface area contributed by atoms with Gasteiger partial charge < -0.3 is 9.72 Å². The highest BCUT2D eigenvalue weighted by molar-refractivity contribution is 5.95. The largest absolute Gasteiger partial charge is 0.449 e. The van der Waals surface area contributed by atoms with Gasteiger partial charge in [-0.1, -0.05) is 30.3 Å². The van der Waals surface area contributed by atoms with Crippen LogP contribution in [0.4, 0.5) is 10.5 Å². The summed E-state index contributed by atoms with van der Waals surface area (Å²) in [6, 6.07) is 14.5. The second-order valence-corrected chi connectivity index (χ2v) is 6.76. The van der Waals surface area contributed by atoms with Gasteiger partial charge in [0.15, 0.2) is 0 Å². The van der Waals surface area contributed by atoms with E-state index in [1.165, 1.54) is 5.56 Å². The van der Waals surface area contributed by atoms with Gasteiger partial charge in [0.2, 0.25) is 0 Å². The van der Waals surface area contributed by atoms with Crippen molar-refractivity contribution < 1.29 is 9.53 Å². The number of fused-ring (bicyclic) bond motifs is 3. The molecule has 5 nitrogen and oxygen atoms in total. The minimum Gasteiger partial charge on any atom is -0.449 e. The molecule has 3 aromatic rings. The first-order valence-electron chi connectivity index (χ1n) is 9.17. The van der Waals surface area contributed by atoms with Gasteiger partial charge in [-0.05, 0) is 44.4 Å². The van der Waals surface area contributed by atoms with E-state index < -0.39 is 0 Å². The van der Waals surface area contributed by atoms with Gasteiger partial charge in [-0.15, -0.1) is 0 Å². The van der Waals surface area contributed by atoms with Crippen LogP contribution in [0.25, 0.3) is 11.0 Å². The van der Waals surface area contributed by atoms with Crippen molar-refractivity contribution in [1.82, 2.24) is 9.97 Å². The quantitative estimate of drug-likeness (QED) is 0.760. The van der Waals surface area contributed by atoms with E-state index in [1.54, 1.807) is 4.90 Å². The number of imidazole rings is 1. The van der Waals surface area contributed by atoms with Gasteiger partial charge in [0.05, 0.1) is 23.3 Å². The second-order valence-electron chi connectivity index (χ2n) is 6.76. The number of amides is 1. The maximum absolute atomic E-state index is 12.4. The van der Waals surface area contributed by atoms with Gasteiger partial charge >= 0.3 is 6.09 Å². The number of ether oxygens (including phenoxy) is 1. The number of rotatable bonds is 3. The molecular weight excluding hydrogens is 326 g/mol. The summed E-state index contributed by atoms with van der Waals surface area (Å²) < 4.78 is 5.26. The fourth-order valence-electron chi connectivity index (χ4n) is 3.71. The molecule has 0 saturated heterocycles. The SMILES string of the molecule is CCOC(=O)N1c2ccc3[nH]c(Cc4ccccc4)nc3c2CC[C@@H]1C. The number of nitrogens with zero attached hydrogens (tertiary/aromatic N) is 2. The van der Waals surface area contributed by atoms with Crippen molar-refractivity contribution in [3.8, 4) is 0 Å². The van der Waals surface area contributed by atoms with Crippen LogP contribution in [0.1, 0.15) is 37.2 Å². The molecule has 0 spiro atoms. The average Bonchev–Trinajstić information content (AvgIpc) is 3.05. The summed E-state index contributed by atoms with van der Waals surface area (Å²) in [4.78, 5) is 22.5. The van der Waals surface area contributed by atoms with Crippen LogP contribution in [-0.2, 0) is 17.6 Å². The maximum atomic E-state index is 12.4. The lowest BCUT2D eigenvalue weighted by Gasteiger charge is -2.34. The molecule has 0 radical (unpaired) electrons. The van der Waals surface area contributed by atoms with E-state index in [-0.39, 0.29) is 12.1 Å². The minimum absolute atomic E-state index is 0.127. The number of hydrogen-bond acceptors (Lipinski definition) is 3. The molecule has 1 aromatic heterocycles. The van der Waals surface area contributed by atoms with Crippen molar-refractivity contribution in [2.75, 3.05) is 11.5 Å². The number of aromatic amines is 1. The third-order valence-electron chi connectivity index (χ3n) is 4.98. The molecule has 1 atom stereocenters. The first-order valence-corrected chi connectivity index (χ1v) is 9.17. The summed E-state index contributed by atoms with van der Waals surface area (Å²) in [7, 11) is 0. The standard InChI is InChI=1S/C21H23N3O2/c1-3-26-21(25)24-14(2)9-10-16-18(24)12-11-17-20(16)23-19(22-17)13-15-7-5-4-6-8-15/h4-8,11-12,14H,3,9-10,13H2,1-2H3,(H,22,23)/t14-/m0/s1. The Labute approximate surface area is 153 Å². The van der Waals surface area contributed by atoms with Crippen molar-refractivity contribution >= 4 is 22.8 Å². The van der Waals surface area contributed by atoms with Crippen LogP contribution >= 0.6 is 0 Å². The summed E-state index contributed by atoms with van der Waals surface area (Å²) in [5.41, 5.74) is 5.27. The molecule has 0 bridgehead atoms. The lowest BCUT2D eigenvalue weighted by molar-refractivity contribution is 0.156. The van der Waals surface area contributed by atoms with Crippen LogP contribution in [0.3, 0.4) is 0 Å². The van der Waals surface area contributed by atoms with E-state index >= 15 is 0 Å². The van der Waals surface area contributed by atoms with Crippen molar-refractivity contribution in [3.05, 3.63) is 59.4 Å². The number of carbonyl (C=O) groups excluding carboxylic acids is 1. The highest BCUT2D eigenvalue weighted by Crippen LogP contribution is 2.35. The molecule has 1 N–H and O–H groups in total. The lowest BCUT2D eigenvalue weighted by Crippen LogP contribution is -2.42. The van der Waals surface area contributed by atoms with Crippen LogP contribution < -0.4 is 4.90 Å². The normalized spacial score (nSPS) is 16.5. The fraction of sp³-hybridized carbons (Fsp3) is 0.333. The molecule has 4 rings (SSSR count). The predicted molar refractivity (Wildman–Crippen MR) is 103 cm³/mol. The van der Waals surface area contributed by atoms with Crippen molar-refractivity contribution in [2.24, 2.45) is 0 Å². The molecule has 2 aromatic carbocycles. The number of aromatic nitrogens is 2. The topological polar surface area (TPSA) is 58.2 Å². The highest BCUT2D eigenvalue weighted by atomic mass is 16.6. The Bertz CT molecular complexity index is 933. The average molecular weight is 349 g/mol. The smallest absolute Gasteiger partial charge is 0.414 e. The van der Waals surface area contributed by atoms with E-state index in [2.05, 4.69) is 24.0 Å². The van der Waals surface area contributed by atoms with Gasteiger partial charge in [0.25, 0.3) is 0 Å². The Kier molecular flexibility index (Phi) is 4.37. The highest BCUT2D eigenvalue weighted by Gasteiger charge is 2.31. The summed E-state index contributed by atoms with van der Waals surface area (Å²) >= 11 is 0. The Morgan fingerprint density at radius 2 is 2.08 bits per heavy atom. The summed E-state index contributed by atoms with van der Waals surface area (Å²) in [5, 5.41) is 0. The number of carbonyl (C=O) groups is 1. The second kappa shape index (κ2) is 6.83. The van der Waals surface area contributed by atoms with Crippen molar-refractivity contribution in [3.63, 3.8) is 0 Å². The summed E-state index contributed by atoms with van der Waals surface area (Å²) in [6.07, 6.45) is 2.31. The number of nitrogens with one attached hydrogen (secondary N) is 1. The van der Waals surface area contributed by atoms with E-state index in [9.17, 15) is 4.79 Å². The van der Waals surface area contributed by atoms with Gasteiger partial charge in [0, 0.05) is 18.0 Å². The zero-order chi connectivity index (χ0) is 18.1. The number of anilines is 1. The molecule has 0 saturated carbocycles. The van der Waals surface area contributed by atoms with E-state index in [1.807, 2.05) is 37.3 Å². The van der Waals surface area contributed by atoms with Gasteiger partial charge in [0.1, 0.15) is 5.82 Å². The van der Waals surface area contributed by atoms with E-state index in [4.69, 9.17) is 9.72 Å². The fourth-order valence-corrected chi connectivity index (χ4v) is 3.71. The van der Waals surface area contributed by atoms with Crippen molar-refractivity contribution in [1.29, 1.82) is 0 Å². The molecule has 1 aliphatic heterocycles. The molecular formula is C21H23N3O2. The molecule has 1 aliphatic rings. The zero-order valence-electron chi connectivity index (χ0n) is 15.2. The Balaban J connectivity index is 1.73. The third kappa shape index (κ3) is 2.94. The first kappa shape index (κ1) is 16.6. The molecule has 1 amide bonds. The number of aryl methyl sites for hydroxylation is 1. The monoisotopic (exact) mass is 349 g/mol. The van der Waals surface area contributed by atoms with Crippen LogP contribution in [0.5, 0.6) is 0 Å². The van der Waals surface area contributed by atoms with Crippen LogP contribution in [0.2, 0.25) is 0 Å². The molecule has 134 valence electrons. The molecule has 0 aliphatic carbocycles. The van der Waals surface area contributed by atoms with E-state index in [0.29, 0.717) is 6.61 Å².